The Morgan fingerprint density at radius 3 is 2.52 bits per heavy atom. The average molecular weight is 299 g/mol. The molecule has 0 aromatic carbocycles. The molecule has 2 N–H and O–H groups in total. The van der Waals surface area contributed by atoms with E-state index in [0.29, 0.717) is 19.4 Å². The van der Waals surface area contributed by atoms with Crippen molar-refractivity contribution in [2.45, 2.75) is 44.6 Å². The maximum atomic E-state index is 12.1. The minimum atomic E-state index is -0.866. The van der Waals surface area contributed by atoms with E-state index in [1.165, 1.54) is 0 Å². The number of carboxylic acid groups (broad SMARTS) is 1. The first-order valence-electron chi connectivity index (χ1n) is 7.37. The molecule has 1 fully saturated rings. The number of hydrogen-bond acceptors (Lipinski definition) is 4. The van der Waals surface area contributed by atoms with Gasteiger partial charge in [0.2, 0.25) is 5.91 Å². The van der Waals surface area contributed by atoms with Crippen molar-refractivity contribution < 1.29 is 19.5 Å². The first-order chi connectivity index (χ1) is 9.90. The van der Waals surface area contributed by atoms with Gasteiger partial charge in [-0.25, -0.2) is 4.79 Å². The van der Waals surface area contributed by atoms with Crippen LogP contribution in [0.5, 0.6) is 0 Å². The highest BCUT2D eigenvalue weighted by Gasteiger charge is 2.29. The Hall–Kier alpha value is -1.63. The van der Waals surface area contributed by atoms with Crippen LogP contribution in [-0.4, -0.2) is 66.0 Å². The first kappa shape index (κ1) is 17.4. The van der Waals surface area contributed by atoms with Crippen LogP contribution in [0.15, 0.2) is 0 Å². The Bertz CT molecular complexity index is 384. The molecule has 0 aromatic heterocycles. The summed E-state index contributed by atoms with van der Waals surface area (Å²) >= 11 is 0. The van der Waals surface area contributed by atoms with Gasteiger partial charge in [0.1, 0.15) is 0 Å². The van der Waals surface area contributed by atoms with Crippen molar-refractivity contribution in [2.75, 3.05) is 27.2 Å². The predicted molar refractivity (Wildman–Crippen MR) is 77.9 cm³/mol. The minimum Gasteiger partial charge on any atom is -0.481 e. The van der Waals surface area contributed by atoms with Crippen LogP contribution >= 0.6 is 0 Å². The number of carbonyl (C=O) groups excluding carboxylic acids is 2. The maximum Gasteiger partial charge on any atom is 0.324 e. The molecule has 1 saturated heterocycles. The summed E-state index contributed by atoms with van der Waals surface area (Å²) in [6.45, 7) is 1.47. The molecule has 0 spiro atoms. The summed E-state index contributed by atoms with van der Waals surface area (Å²) in [5, 5.41) is 10.9. The summed E-state index contributed by atoms with van der Waals surface area (Å²) < 4.78 is 0. The zero-order valence-corrected chi connectivity index (χ0v) is 12.8. The van der Waals surface area contributed by atoms with Gasteiger partial charge in [-0.15, -0.1) is 0 Å². The van der Waals surface area contributed by atoms with Gasteiger partial charge in [0.05, 0.1) is 0 Å². The van der Waals surface area contributed by atoms with Crippen molar-refractivity contribution in [3.8, 4) is 0 Å². The lowest BCUT2D eigenvalue weighted by molar-refractivity contribution is -0.137. The zero-order valence-electron chi connectivity index (χ0n) is 12.8. The molecule has 0 bridgehead atoms. The number of aliphatic carboxylic acids is 1. The fourth-order valence-electron chi connectivity index (χ4n) is 2.53. The van der Waals surface area contributed by atoms with Crippen LogP contribution in [0, 0.1) is 0 Å². The molecular formula is C14H25N3O4. The fraction of sp³-hybridized carbons (Fsp3) is 0.786. The van der Waals surface area contributed by atoms with E-state index in [-0.39, 0.29) is 30.8 Å². The van der Waals surface area contributed by atoms with Gasteiger partial charge in [0.25, 0.3) is 0 Å². The van der Waals surface area contributed by atoms with Crippen molar-refractivity contribution in [3.63, 3.8) is 0 Å². The Morgan fingerprint density at radius 1 is 1.24 bits per heavy atom. The summed E-state index contributed by atoms with van der Waals surface area (Å²) in [5.41, 5.74) is 0. The number of amides is 3. The Morgan fingerprint density at radius 2 is 1.90 bits per heavy atom. The van der Waals surface area contributed by atoms with Crippen LogP contribution in [-0.2, 0) is 9.59 Å². The van der Waals surface area contributed by atoms with Crippen LogP contribution in [0.1, 0.15) is 38.5 Å². The van der Waals surface area contributed by atoms with Gasteiger partial charge < -0.3 is 14.9 Å². The van der Waals surface area contributed by atoms with E-state index in [1.807, 2.05) is 19.0 Å². The summed E-state index contributed by atoms with van der Waals surface area (Å²) in [5.74, 6) is -1.20. The van der Waals surface area contributed by atoms with E-state index in [1.54, 1.807) is 4.90 Å². The lowest BCUT2D eigenvalue weighted by Crippen LogP contribution is -2.48. The zero-order chi connectivity index (χ0) is 15.8. The Balaban J connectivity index is 2.31. The van der Waals surface area contributed by atoms with Crippen LogP contribution in [0.25, 0.3) is 0 Å². The van der Waals surface area contributed by atoms with E-state index >= 15 is 0 Å². The van der Waals surface area contributed by atoms with E-state index in [2.05, 4.69) is 5.32 Å². The summed E-state index contributed by atoms with van der Waals surface area (Å²) in [6.07, 6.45) is 3.08. The predicted octanol–water partition coefficient (Wildman–Crippen LogP) is 0.894. The first-order valence-corrected chi connectivity index (χ1v) is 7.37. The monoisotopic (exact) mass is 299 g/mol. The Labute approximate surface area is 125 Å². The molecule has 7 heteroatoms. The average Bonchev–Trinajstić information content (AvgIpc) is 2.81. The molecule has 0 aliphatic carbocycles. The highest BCUT2D eigenvalue weighted by Crippen LogP contribution is 2.17. The molecule has 7 nitrogen and oxygen atoms in total. The molecule has 3 amide bonds. The second kappa shape index (κ2) is 8.61. The molecule has 1 aliphatic rings. The number of nitrogens with zero attached hydrogens (tertiary/aromatic N) is 2. The molecule has 0 aromatic rings. The standard InChI is InChI=1S/C14H25N3O4/c1-16(2)10-11-6-5-9-17(11)14(21)15-12(18)7-3-4-8-13(19)20/h11H,3-10H2,1-2H3,(H,19,20)(H,15,18,21). The van der Waals surface area contributed by atoms with Crippen molar-refractivity contribution in [3.05, 3.63) is 0 Å². The van der Waals surface area contributed by atoms with Gasteiger partial charge in [-0.05, 0) is 39.8 Å². The highest BCUT2D eigenvalue weighted by atomic mass is 16.4. The molecule has 1 aliphatic heterocycles. The lowest BCUT2D eigenvalue weighted by atomic mass is 10.2. The topological polar surface area (TPSA) is 90.0 Å². The summed E-state index contributed by atoms with van der Waals surface area (Å²) in [7, 11) is 3.92. The van der Waals surface area contributed by atoms with E-state index in [9.17, 15) is 14.4 Å². The number of urea groups is 1. The third-order valence-corrected chi connectivity index (χ3v) is 3.50. The second-order valence-corrected chi connectivity index (χ2v) is 5.71. The molecule has 0 saturated carbocycles. The van der Waals surface area contributed by atoms with Crippen molar-refractivity contribution in [1.82, 2.24) is 15.1 Å². The van der Waals surface area contributed by atoms with Gasteiger partial charge in [-0.3, -0.25) is 14.9 Å². The third kappa shape index (κ3) is 6.57. The number of carboxylic acids is 1. The molecule has 1 atom stereocenters. The van der Waals surface area contributed by atoms with E-state index in [4.69, 9.17) is 5.11 Å². The molecule has 1 heterocycles. The third-order valence-electron chi connectivity index (χ3n) is 3.50. The van der Waals surface area contributed by atoms with Gasteiger partial charge in [-0.2, -0.15) is 0 Å². The number of imide groups is 1. The second-order valence-electron chi connectivity index (χ2n) is 5.71. The van der Waals surface area contributed by atoms with E-state index < -0.39 is 5.97 Å². The van der Waals surface area contributed by atoms with Crippen LogP contribution in [0.3, 0.4) is 0 Å². The number of unbranched alkanes of at least 4 members (excludes halogenated alkanes) is 1. The van der Waals surface area contributed by atoms with Gasteiger partial charge in [0.15, 0.2) is 0 Å². The molecule has 1 rings (SSSR count). The molecule has 120 valence electrons. The number of carbonyl (C=O) groups is 3. The quantitative estimate of drug-likeness (QED) is 0.682. The van der Waals surface area contributed by atoms with Crippen molar-refractivity contribution in [1.29, 1.82) is 0 Å². The number of rotatable bonds is 7. The molecular weight excluding hydrogens is 274 g/mol. The lowest BCUT2D eigenvalue weighted by Gasteiger charge is -2.26. The minimum absolute atomic E-state index is 0.0538. The smallest absolute Gasteiger partial charge is 0.324 e. The van der Waals surface area contributed by atoms with Crippen LogP contribution in [0.4, 0.5) is 4.79 Å². The SMILES string of the molecule is CN(C)CC1CCCN1C(=O)NC(=O)CCCCC(=O)O. The fourth-order valence-corrected chi connectivity index (χ4v) is 2.53. The number of hydrogen-bond donors (Lipinski definition) is 2. The van der Waals surface area contributed by atoms with Gasteiger partial charge in [0, 0.05) is 32.0 Å². The number of nitrogens with one attached hydrogen (secondary N) is 1. The van der Waals surface area contributed by atoms with Gasteiger partial charge >= 0.3 is 12.0 Å². The van der Waals surface area contributed by atoms with Crippen molar-refractivity contribution in [2.24, 2.45) is 0 Å². The highest BCUT2D eigenvalue weighted by molar-refractivity contribution is 5.94. The van der Waals surface area contributed by atoms with Crippen LogP contribution < -0.4 is 5.32 Å². The van der Waals surface area contributed by atoms with Crippen LogP contribution in [0.2, 0.25) is 0 Å². The normalized spacial score (nSPS) is 18.0. The Kier molecular flexibility index (Phi) is 7.14. The summed E-state index contributed by atoms with van der Waals surface area (Å²) in [4.78, 5) is 37.8. The number of likely N-dealkylation sites (tertiary alicyclic amines) is 1. The largest absolute Gasteiger partial charge is 0.481 e. The number of likely N-dealkylation sites (N-methyl/N-ethyl adjacent to an activating group) is 1. The van der Waals surface area contributed by atoms with Gasteiger partial charge in [-0.1, -0.05) is 0 Å². The summed E-state index contributed by atoms with van der Waals surface area (Å²) in [6, 6.07) is -0.178. The van der Waals surface area contributed by atoms with Crippen molar-refractivity contribution >= 4 is 17.9 Å². The molecule has 0 radical (unpaired) electrons. The molecule has 21 heavy (non-hydrogen) atoms. The maximum absolute atomic E-state index is 12.1. The van der Waals surface area contributed by atoms with E-state index in [0.717, 1.165) is 19.4 Å². The molecule has 1 unspecified atom stereocenters.